The van der Waals surface area contributed by atoms with Crippen LogP contribution in [0.15, 0.2) is 23.0 Å². The van der Waals surface area contributed by atoms with E-state index in [0.29, 0.717) is 0 Å². The molecular formula is C17H27NO2. The van der Waals surface area contributed by atoms with Crippen LogP contribution >= 0.6 is 0 Å². The average molecular weight is 277 g/mol. The number of allylic oxidation sites excluding steroid dienone is 1. The lowest BCUT2D eigenvalue weighted by Crippen LogP contribution is -2.32. The molecule has 3 heteroatoms. The van der Waals surface area contributed by atoms with Crippen molar-refractivity contribution in [1.82, 2.24) is 4.90 Å². The lowest BCUT2D eigenvalue weighted by molar-refractivity contribution is 0.0766. The van der Waals surface area contributed by atoms with Gasteiger partial charge < -0.3 is 14.4 Å². The van der Waals surface area contributed by atoms with Crippen LogP contribution in [0.4, 0.5) is 0 Å². The Labute approximate surface area is 122 Å². The quantitative estimate of drug-likeness (QED) is 0.771. The van der Waals surface area contributed by atoms with Crippen LogP contribution in [0.1, 0.15) is 32.6 Å². The smallest absolute Gasteiger partial charge is 0.125 e. The van der Waals surface area contributed by atoms with Gasteiger partial charge in [0.2, 0.25) is 0 Å². The van der Waals surface area contributed by atoms with Crippen LogP contribution in [0.25, 0.3) is 0 Å². The van der Waals surface area contributed by atoms with Crippen molar-refractivity contribution in [3.05, 3.63) is 23.0 Å². The molecular weight excluding hydrogens is 250 g/mol. The molecule has 1 saturated heterocycles. The van der Waals surface area contributed by atoms with E-state index in [0.717, 1.165) is 30.4 Å². The Morgan fingerprint density at radius 1 is 1.30 bits per heavy atom. The van der Waals surface area contributed by atoms with Crippen LogP contribution < -0.4 is 0 Å². The normalized spacial score (nSPS) is 33.8. The first-order valence-electron chi connectivity index (χ1n) is 7.90. The molecule has 0 amide bonds. The SMILES string of the molecule is COC1=CC(CCN2CCC3CC3C2)=C(C)CC1OC. The number of likely N-dealkylation sites (tertiary alicyclic amines) is 1. The van der Waals surface area contributed by atoms with Gasteiger partial charge >= 0.3 is 0 Å². The monoisotopic (exact) mass is 277 g/mol. The number of methoxy groups -OCH3 is 2. The second-order valence-electron chi connectivity index (χ2n) is 6.58. The predicted molar refractivity (Wildman–Crippen MR) is 80.5 cm³/mol. The summed E-state index contributed by atoms with van der Waals surface area (Å²) in [5.74, 6) is 3.08. The van der Waals surface area contributed by atoms with Gasteiger partial charge in [0, 0.05) is 26.6 Å². The largest absolute Gasteiger partial charge is 0.498 e. The molecule has 0 N–H and O–H groups in total. The first-order valence-corrected chi connectivity index (χ1v) is 7.90. The van der Waals surface area contributed by atoms with Crippen molar-refractivity contribution in [2.24, 2.45) is 11.8 Å². The van der Waals surface area contributed by atoms with Crippen LogP contribution in [0.2, 0.25) is 0 Å². The molecule has 3 aliphatic rings. The van der Waals surface area contributed by atoms with E-state index in [-0.39, 0.29) is 6.10 Å². The van der Waals surface area contributed by atoms with Gasteiger partial charge in [-0.1, -0.05) is 5.57 Å². The van der Waals surface area contributed by atoms with Crippen molar-refractivity contribution in [2.45, 2.75) is 38.7 Å². The van der Waals surface area contributed by atoms with E-state index in [1.54, 1.807) is 14.2 Å². The molecule has 112 valence electrons. The van der Waals surface area contributed by atoms with Crippen LogP contribution in [-0.2, 0) is 9.47 Å². The summed E-state index contributed by atoms with van der Waals surface area (Å²) < 4.78 is 11.0. The van der Waals surface area contributed by atoms with Crippen LogP contribution in [0.5, 0.6) is 0 Å². The van der Waals surface area contributed by atoms with E-state index in [1.807, 2.05) is 0 Å². The van der Waals surface area contributed by atoms with E-state index in [4.69, 9.17) is 9.47 Å². The van der Waals surface area contributed by atoms with Gasteiger partial charge in [-0.3, -0.25) is 0 Å². The molecule has 3 unspecified atom stereocenters. The van der Waals surface area contributed by atoms with Gasteiger partial charge in [0.05, 0.1) is 7.11 Å². The van der Waals surface area contributed by atoms with Gasteiger partial charge in [0.15, 0.2) is 0 Å². The molecule has 3 rings (SSSR count). The molecule has 20 heavy (non-hydrogen) atoms. The lowest BCUT2D eigenvalue weighted by atomic mass is 9.93. The summed E-state index contributed by atoms with van der Waals surface area (Å²) in [5.41, 5.74) is 2.91. The Kier molecular flexibility index (Phi) is 4.18. The Morgan fingerprint density at radius 2 is 2.15 bits per heavy atom. The molecule has 0 aromatic rings. The zero-order valence-electron chi connectivity index (χ0n) is 13.0. The number of nitrogens with zero attached hydrogens (tertiary/aromatic N) is 1. The number of hydrogen-bond donors (Lipinski definition) is 0. The Balaban J connectivity index is 1.57. The topological polar surface area (TPSA) is 21.7 Å². The highest BCUT2D eigenvalue weighted by molar-refractivity contribution is 5.33. The van der Waals surface area contributed by atoms with Crippen molar-refractivity contribution in [3.63, 3.8) is 0 Å². The minimum absolute atomic E-state index is 0.103. The lowest BCUT2D eigenvalue weighted by Gasteiger charge is -2.28. The molecule has 1 aliphatic heterocycles. The number of fused-ring (bicyclic) bond motifs is 1. The fourth-order valence-electron chi connectivity index (χ4n) is 3.71. The van der Waals surface area contributed by atoms with Gasteiger partial charge in [-0.15, -0.1) is 0 Å². The van der Waals surface area contributed by atoms with Crippen LogP contribution in [0.3, 0.4) is 0 Å². The highest BCUT2D eigenvalue weighted by Crippen LogP contribution is 2.44. The Hall–Kier alpha value is -0.800. The third-order valence-corrected chi connectivity index (χ3v) is 5.27. The standard InChI is InChI=1S/C17H27NO2/c1-12-8-16(19-2)17(20-3)10-13(12)4-6-18-7-5-14-9-15(14)11-18/h10,14-16H,4-9,11H2,1-3H3. The maximum absolute atomic E-state index is 5.49. The van der Waals surface area contributed by atoms with Crippen molar-refractivity contribution >= 4 is 0 Å². The van der Waals surface area contributed by atoms with Gasteiger partial charge in [-0.05, 0) is 56.2 Å². The highest BCUT2D eigenvalue weighted by atomic mass is 16.5. The minimum atomic E-state index is 0.103. The molecule has 0 radical (unpaired) electrons. The summed E-state index contributed by atoms with van der Waals surface area (Å²) in [5, 5.41) is 0. The molecule has 0 aromatic carbocycles. The predicted octanol–water partition coefficient (Wildman–Crippen LogP) is 2.98. The molecule has 3 nitrogen and oxygen atoms in total. The molecule has 2 fully saturated rings. The molecule has 2 aliphatic carbocycles. The number of hydrogen-bond acceptors (Lipinski definition) is 3. The van der Waals surface area contributed by atoms with E-state index < -0.39 is 0 Å². The van der Waals surface area contributed by atoms with Gasteiger partial charge in [-0.2, -0.15) is 0 Å². The minimum Gasteiger partial charge on any atom is -0.498 e. The molecule has 1 heterocycles. The number of rotatable bonds is 5. The zero-order valence-corrected chi connectivity index (χ0v) is 13.0. The van der Waals surface area contributed by atoms with Crippen LogP contribution in [0, 0.1) is 11.8 Å². The summed E-state index contributed by atoms with van der Waals surface area (Å²) in [4.78, 5) is 2.65. The number of piperidine rings is 1. The summed E-state index contributed by atoms with van der Waals surface area (Å²) in [6.07, 6.45) is 7.33. The van der Waals surface area contributed by atoms with Gasteiger partial charge in [-0.25, -0.2) is 0 Å². The Morgan fingerprint density at radius 3 is 2.85 bits per heavy atom. The van der Waals surface area contributed by atoms with Crippen molar-refractivity contribution in [3.8, 4) is 0 Å². The van der Waals surface area contributed by atoms with Crippen molar-refractivity contribution in [1.29, 1.82) is 0 Å². The molecule has 1 saturated carbocycles. The van der Waals surface area contributed by atoms with E-state index in [1.165, 1.54) is 43.6 Å². The third kappa shape index (κ3) is 2.94. The number of ether oxygens (including phenoxy) is 2. The zero-order chi connectivity index (χ0) is 14.1. The fourth-order valence-corrected chi connectivity index (χ4v) is 3.71. The third-order valence-electron chi connectivity index (χ3n) is 5.27. The second kappa shape index (κ2) is 5.90. The average Bonchev–Trinajstić information content (AvgIpc) is 3.24. The first-order chi connectivity index (χ1) is 9.71. The van der Waals surface area contributed by atoms with Gasteiger partial charge in [0.25, 0.3) is 0 Å². The maximum atomic E-state index is 5.49. The fraction of sp³-hybridized carbons (Fsp3) is 0.765. The molecule has 0 aromatic heterocycles. The highest BCUT2D eigenvalue weighted by Gasteiger charge is 2.41. The second-order valence-corrected chi connectivity index (χ2v) is 6.58. The molecule has 0 bridgehead atoms. The van der Waals surface area contributed by atoms with E-state index in [9.17, 15) is 0 Å². The van der Waals surface area contributed by atoms with Crippen molar-refractivity contribution < 1.29 is 9.47 Å². The summed E-state index contributed by atoms with van der Waals surface area (Å²) >= 11 is 0. The summed E-state index contributed by atoms with van der Waals surface area (Å²) in [7, 11) is 3.50. The van der Waals surface area contributed by atoms with E-state index >= 15 is 0 Å². The van der Waals surface area contributed by atoms with Crippen molar-refractivity contribution in [2.75, 3.05) is 33.9 Å². The van der Waals surface area contributed by atoms with Gasteiger partial charge in [0.1, 0.15) is 11.9 Å². The maximum Gasteiger partial charge on any atom is 0.125 e. The Bertz CT molecular complexity index is 427. The summed E-state index contributed by atoms with van der Waals surface area (Å²) in [6, 6.07) is 0. The first kappa shape index (κ1) is 14.2. The van der Waals surface area contributed by atoms with Crippen LogP contribution in [-0.4, -0.2) is 44.9 Å². The molecule has 0 spiro atoms. The summed E-state index contributed by atoms with van der Waals surface area (Å²) in [6.45, 7) is 6.06. The van der Waals surface area contributed by atoms with E-state index in [2.05, 4.69) is 17.9 Å². The molecule has 3 atom stereocenters.